The molecule has 1 unspecified atom stereocenters. The number of aromatic nitrogens is 1. The van der Waals surface area contributed by atoms with Crippen LogP contribution in [0.15, 0.2) is 18.5 Å². The molecule has 3 heteroatoms. The highest BCUT2D eigenvalue weighted by molar-refractivity contribution is 5.45. The molecular formula is C10H14N2O. The summed E-state index contributed by atoms with van der Waals surface area (Å²) in [5.74, 6) is 0. The van der Waals surface area contributed by atoms with Gasteiger partial charge in [-0.25, -0.2) is 0 Å². The molecule has 70 valence electrons. The Hall–Kier alpha value is -1.09. The summed E-state index contributed by atoms with van der Waals surface area (Å²) in [5.41, 5.74) is 7.65. The summed E-state index contributed by atoms with van der Waals surface area (Å²) < 4.78 is 5.64. The third-order valence-corrected chi connectivity index (χ3v) is 2.41. The van der Waals surface area contributed by atoms with Crippen molar-refractivity contribution in [3.63, 3.8) is 0 Å². The maximum absolute atomic E-state index is 5.81. The minimum absolute atomic E-state index is 0.191. The third kappa shape index (κ3) is 1.80. The molecule has 2 rings (SSSR count). The molecule has 0 radical (unpaired) electrons. The molecule has 2 heterocycles. The number of nitrogens with zero attached hydrogens (tertiary/aromatic N) is 1. The lowest BCUT2D eigenvalue weighted by atomic mass is 10.0. The summed E-state index contributed by atoms with van der Waals surface area (Å²) in [6, 6.07) is 1.95. The molecule has 3 nitrogen and oxygen atoms in total. The molecule has 1 aromatic rings. The van der Waals surface area contributed by atoms with E-state index in [0.29, 0.717) is 0 Å². The highest BCUT2D eigenvalue weighted by Crippen LogP contribution is 2.30. The summed E-state index contributed by atoms with van der Waals surface area (Å²) >= 11 is 0. The lowest BCUT2D eigenvalue weighted by molar-refractivity contribution is 0.0154. The lowest BCUT2D eigenvalue weighted by Crippen LogP contribution is -2.13. The first-order valence-corrected chi connectivity index (χ1v) is 4.69. The summed E-state index contributed by atoms with van der Waals surface area (Å²) in [7, 11) is 0. The van der Waals surface area contributed by atoms with Gasteiger partial charge in [-0.1, -0.05) is 0 Å². The first-order chi connectivity index (χ1) is 6.38. The van der Waals surface area contributed by atoms with Gasteiger partial charge in [-0.05, 0) is 25.3 Å². The van der Waals surface area contributed by atoms with Crippen molar-refractivity contribution in [3.05, 3.63) is 24.0 Å². The quantitative estimate of drug-likeness (QED) is 0.714. The number of rotatable bonds is 1. The first-order valence-electron chi connectivity index (χ1n) is 4.69. The van der Waals surface area contributed by atoms with E-state index < -0.39 is 0 Å². The molecular weight excluding hydrogens is 164 g/mol. The standard InChI is InChI=1S/C10H14N2O/c11-9-7-12-5-4-8(9)10-3-1-2-6-13-10/h4-5,7,10H,1-3,6,11H2. The number of hydrogen-bond acceptors (Lipinski definition) is 3. The van der Waals surface area contributed by atoms with Crippen molar-refractivity contribution >= 4 is 5.69 Å². The predicted molar refractivity (Wildman–Crippen MR) is 51.2 cm³/mol. The molecule has 1 fully saturated rings. The van der Waals surface area contributed by atoms with Crippen LogP contribution in [0.25, 0.3) is 0 Å². The Balaban J connectivity index is 2.18. The fourth-order valence-electron chi connectivity index (χ4n) is 1.70. The summed E-state index contributed by atoms with van der Waals surface area (Å²) in [5, 5.41) is 0. The molecule has 0 aliphatic carbocycles. The van der Waals surface area contributed by atoms with Crippen LogP contribution in [0.1, 0.15) is 30.9 Å². The molecule has 1 aliphatic rings. The van der Waals surface area contributed by atoms with Crippen LogP contribution in [-0.2, 0) is 4.74 Å². The minimum atomic E-state index is 0.191. The molecule has 13 heavy (non-hydrogen) atoms. The fraction of sp³-hybridized carbons (Fsp3) is 0.500. The van der Waals surface area contributed by atoms with E-state index in [0.717, 1.165) is 24.3 Å². The van der Waals surface area contributed by atoms with Gasteiger partial charge in [-0.3, -0.25) is 4.98 Å². The molecule has 1 saturated heterocycles. The normalized spacial score (nSPS) is 22.9. The topological polar surface area (TPSA) is 48.1 Å². The monoisotopic (exact) mass is 178 g/mol. The van der Waals surface area contributed by atoms with Crippen molar-refractivity contribution in [2.45, 2.75) is 25.4 Å². The zero-order valence-electron chi connectivity index (χ0n) is 7.57. The van der Waals surface area contributed by atoms with Gasteiger partial charge in [0.2, 0.25) is 0 Å². The van der Waals surface area contributed by atoms with Crippen molar-refractivity contribution in [3.8, 4) is 0 Å². The average molecular weight is 178 g/mol. The number of ether oxygens (including phenoxy) is 1. The number of nitrogens with two attached hydrogens (primary N) is 1. The van der Waals surface area contributed by atoms with E-state index in [1.54, 1.807) is 12.4 Å². The fourth-order valence-corrected chi connectivity index (χ4v) is 1.70. The Labute approximate surface area is 77.9 Å². The molecule has 1 atom stereocenters. The SMILES string of the molecule is Nc1cnccc1C1CCCCO1. The molecule has 1 aromatic heterocycles. The van der Waals surface area contributed by atoms with Crippen molar-refractivity contribution in [1.82, 2.24) is 4.98 Å². The minimum Gasteiger partial charge on any atom is -0.397 e. The second-order valence-corrected chi connectivity index (χ2v) is 3.36. The Morgan fingerprint density at radius 3 is 3.08 bits per heavy atom. The third-order valence-electron chi connectivity index (χ3n) is 2.41. The number of pyridine rings is 1. The second kappa shape index (κ2) is 3.75. The number of anilines is 1. The van der Waals surface area contributed by atoms with Gasteiger partial charge in [-0.2, -0.15) is 0 Å². The zero-order chi connectivity index (χ0) is 9.10. The second-order valence-electron chi connectivity index (χ2n) is 3.36. The lowest BCUT2D eigenvalue weighted by Gasteiger charge is -2.23. The first kappa shape index (κ1) is 8.51. The van der Waals surface area contributed by atoms with E-state index in [1.807, 2.05) is 6.07 Å². The zero-order valence-corrected chi connectivity index (χ0v) is 7.57. The molecule has 0 saturated carbocycles. The molecule has 1 aliphatic heterocycles. The summed E-state index contributed by atoms with van der Waals surface area (Å²) in [6.45, 7) is 0.854. The van der Waals surface area contributed by atoms with E-state index in [4.69, 9.17) is 10.5 Å². The van der Waals surface area contributed by atoms with Crippen LogP contribution in [0.2, 0.25) is 0 Å². The van der Waals surface area contributed by atoms with Gasteiger partial charge in [0.25, 0.3) is 0 Å². The molecule has 2 N–H and O–H groups in total. The van der Waals surface area contributed by atoms with Crippen LogP contribution in [0.4, 0.5) is 5.69 Å². The van der Waals surface area contributed by atoms with E-state index in [2.05, 4.69) is 4.98 Å². The molecule has 0 amide bonds. The maximum atomic E-state index is 5.81. The Bertz CT molecular complexity index is 282. The van der Waals surface area contributed by atoms with Crippen molar-refractivity contribution in [1.29, 1.82) is 0 Å². The maximum Gasteiger partial charge on any atom is 0.0845 e. The van der Waals surface area contributed by atoms with Gasteiger partial charge < -0.3 is 10.5 Å². The van der Waals surface area contributed by atoms with E-state index in [1.165, 1.54) is 12.8 Å². The van der Waals surface area contributed by atoms with Crippen LogP contribution in [-0.4, -0.2) is 11.6 Å². The highest BCUT2D eigenvalue weighted by atomic mass is 16.5. The van der Waals surface area contributed by atoms with Gasteiger partial charge in [0.05, 0.1) is 18.0 Å². The Morgan fingerprint density at radius 1 is 1.46 bits per heavy atom. The van der Waals surface area contributed by atoms with E-state index >= 15 is 0 Å². The largest absolute Gasteiger partial charge is 0.397 e. The van der Waals surface area contributed by atoms with E-state index in [9.17, 15) is 0 Å². The molecule has 0 spiro atoms. The van der Waals surface area contributed by atoms with Crippen LogP contribution < -0.4 is 5.73 Å². The van der Waals surface area contributed by atoms with Crippen LogP contribution in [0.5, 0.6) is 0 Å². The van der Waals surface area contributed by atoms with Gasteiger partial charge in [0.15, 0.2) is 0 Å². The predicted octanol–water partition coefficient (Wildman–Crippen LogP) is 1.91. The number of hydrogen-bond donors (Lipinski definition) is 1. The van der Waals surface area contributed by atoms with Crippen molar-refractivity contribution < 1.29 is 4.74 Å². The van der Waals surface area contributed by atoms with Gasteiger partial charge in [-0.15, -0.1) is 0 Å². The number of nitrogen functional groups attached to an aromatic ring is 1. The van der Waals surface area contributed by atoms with Crippen molar-refractivity contribution in [2.24, 2.45) is 0 Å². The van der Waals surface area contributed by atoms with Gasteiger partial charge in [0, 0.05) is 18.4 Å². The molecule has 0 aromatic carbocycles. The Kier molecular flexibility index (Phi) is 2.45. The average Bonchev–Trinajstić information content (AvgIpc) is 2.20. The van der Waals surface area contributed by atoms with Gasteiger partial charge >= 0.3 is 0 Å². The van der Waals surface area contributed by atoms with Crippen LogP contribution in [0, 0.1) is 0 Å². The van der Waals surface area contributed by atoms with Gasteiger partial charge in [0.1, 0.15) is 0 Å². The van der Waals surface area contributed by atoms with Crippen LogP contribution in [0.3, 0.4) is 0 Å². The smallest absolute Gasteiger partial charge is 0.0845 e. The van der Waals surface area contributed by atoms with Crippen LogP contribution >= 0.6 is 0 Å². The highest BCUT2D eigenvalue weighted by Gasteiger charge is 2.17. The van der Waals surface area contributed by atoms with Crippen molar-refractivity contribution in [2.75, 3.05) is 12.3 Å². The Morgan fingerprint density at radius 2 is 2.38 bits per heavy atom. The molecule has 0 bridgehead atoms. The summed E-state index contributed by atoms with van der Waals surface area (Å²) in [6.07, 6.45) is 7.12. The van der Waals surface area contributed by atoms with E-state index in [-0.39, 0.29) is 6.10 Å². The summed E-state index contributed by atoms with van der Waals surface area (Å²) in [4.78, 5) is 3.96.